The van der Waals surface area contributed by atoms with Crippen LogP contribution in [-0.4, -0.2) is 9.55 Å². The van der Waals surface area contributed by atoms with E-state index in [2.05, 4.69) is 10.6 Å². The summed E-state index contributed by atoms with van der Waals surface area (Å²) in [5, 5.41) is 1.08. The predicted molar refractivity (Wildman–Crippen MR) is 87.9 cm³/mol. The lowest BCUT2D eigenvalue weighted by molar-refractivity contribution is 0.775. The topological polar surface area (TPSA) is 43.8 Å². The highest BCUT2D eigenvalue weighted by Gasteiger charge is 2.30. The Morgan fingerprint density at radius 1 is 1.05 bits per heavy atom. The van der Waals surface area contributed by atoms with Gasteiger partial charge in [0.25, 0.3) is 0 Å². The van der Waals surface area contributed by atoms with Gasteiger partial charge in [0, 0.05) is 6.04 Å². The van der Waals surface area contributed by atoms with E-state index in [-0.39, 0.29) is 0 Å². The van der Waals surface area contributed by atoms with Crippen LogP contribution in [0.2, 0.25) is 10.0 Å². The highest BCUT2D eigenvalue weighted by molar-refractivity contribution is 6.37. The molecule has 0 spiro atoms. The van der Waals surface area contributed by atoms with Crippen molar-refractivity contribution < 1.29 is 0 Å². The van der Waals surface area contributed by atoms with Gasteiger partial charge in [0.15, 0.2) is 0 Å². The molecule has 1 fully saturated rings. The fourth-order valence-corrected chi connectivity index (χ4v) is 3.12. The number of aromatic nitrogens is 2. The molecule has 1 aliphatic rings. The summed E-state index contributed by atoms with van der Waals surface area (Å²) >= 11 is 12.5. The molecule has 2 N–H and O–H groups in total. The third kappa shape index (κ3) is 2.00. The van der Waals surface area contributed by atoms with Gasteiger partial charge < -0.3 is 10.3 Å². The summed E-state index contributed by atoms with van der Waals surface area (Å²) in [5.74, 6) is 0.809. The summed E-state index contributed by atoms with van der Waals surface area (Å²) in [6, 6.07) is 12.1. The van der Waals surface area contributed by atoms with Crippen LogP contribution in [-0.2, 0) is 0 Å². The molecule has 0 unspecified atom stereocenters. The van der Waals surface area contributed by atoms with Crippen LogP contribution in [0.3, 0.4) is 0 Å². The van der Waals surface area contributed by atoms with Gasteiger partial charge in [-0.2, -0.15) is 0 Å². The zero-order chi connectivity index (χ0) is 14.6. The number of nitrogens with two attached hydrogens (primary N) is 1. The maximum absolute atomic E-state index is 6.37. The molecule has 0 saturated heterocycles. The van der Waals surface area contributed by atoms with Crippen LogP contribution in [0.5, 0.6) is 0 Å². The molecule has 21 heavy (non-hydrogen) atoms. The average Bonchev–Trinajstić information content (AvgIpc) is 3.24. The Balaban J connectivity index is 2.07. The van der Waals surface area contributed by atoms with Crippen molar-refractivity contribution in [2.45, 2.75) is 18.9 Å². The van der Waals surface area contributed by atoms with Gasteiger partial charge in [-0.05, 0) is 37.1 Å². The summed E-state index contributed by atoms with van der Waals surface area (Å²) in [4.78, 5) is 4.75. The van der Waals surface area contributed by atoms with E-state index in [4.69, 9.17) is 33.9 Å². The van der Waals surface area contributed by atoms with E-state index in [1.54, 1.807) is 12.1 Å². The normalized spacial score (nSPS) is 14.8. The Morgan fingerprint density at radius 3 is 2.52 bits per heavy atom. The molecule has 5 heteroatoms. The smallest absolute Gasteiger partial charge is 0.145 e. The summed E-state index contributed by atoms with van der Waals surface area (Å²) in [5.41, 5.74) is 9.44. The van der Waals surface area contributed by atoms with Crippen LogP contribution in [0.1, 0.15) is 18.9 Å². The SMILES string of the molecule is Nc1c(Cl)ccc(Cl)c1-c1nc2ccccc2n1C1CC1. The lowest BCUT2D eigenvalue weighted by Gasteiger charge is -2.12. The van der Waals surface area contributed by atoms with Gasteiger partial charge in [-0.25, -0.2) is 4.98 Å². The molecule has 0 bridgehead atoms. The lowest BCUT2D eigenvalue weighted by atomic mass is 10.1. The van der Waals surface area contributed by atoms with Crippen LogP contribution in [0.4, 0.5) is 5.69 Å². The predicted octanol–water partition coefficient (Wildman–Crippen LogP) is 4.93. The number of imidazole rings is 1. The van der Waals surface area contributed by atoms with Gasteiger partial charge >= 0.3 is 0 Å². The first-order valence-electron chi connectivity index (χ1n) is 6.87. The second kappa shape index (κ2) is 4.65. The molecule has 0 radical (unpaired) electrons. The number of para-hydroxylation sites is 2. The zero-order valence-electron chi connectivity index (χ0n) is 11.2. The number of benzene rings is 2. The molecule has 106 valence electrons. The van der Waals surface area contributed by atoms with Gasteiger partial charge in [-0.1, -0.05) is 35.3 Å². The molecule has 1 aromatic heterocycles. The number of rotatable bonds is 2. The summed E-state index contributed by atoms with van der Waals surface area (Å²) in [7, 11) is 0. The fraction of sp³-hybridized carbons (Fsp3) is 0.188. The van der Waals surface area contributed by atoms with Gasteiger partial charge in [0.1, 0.15) is 5.82 Å². The van der Waals surface area contributed by atoms with E-state index in [0.717, 1.165) is 35.3 Å². The number of fused-ring (bicyclic) bond motifs is 1. The molecular weight excluding hydrogens is 305 g/mol. The van der Waals surface area contributed by atoms with E-state index >= 15 is 0 Å². The highest BCUT2D eigenvalue weighted by atomic mass is 35.5. The largest absolute Gasteiger partial charge is 0.397 e. The van der Waals surface area contributed by atoms with Crippen LogP contribution in [0.25, 0.3) is 22.4 Å². The summed E-state index contributed by atoms with van der Waals surface area (Å²) in [6.07, 6.45) is 2.32. The van der Waals surface area contributed by atoms with Crippen molar-refractivity contribution in [3.05, 3.63) is 46.4 Å². The van der Waals surface area contributed by atoms with Crippen LogP contribution in [0, 0.1) is 0 Å². The third-order valence-electron chi connectivity index (χ3n) is 3.87. The molecule has 0 aliphatic heterocycles. The molecule has 4 rings (SSSR count). The number of nitrogen functional groups attached to an aromatic ring is 1. The molecule has 3 aromatic rings. The Bertz CT molecular complexity index is 850. The number of nitrogens with zero attached hydrogens (tertiary/aromatic N) is 2. The first-order chi connectivity index (χ1) is 10.2. The van der Waals surface area contributed by atoms with Crippen molar-refractivity contribution in [2.75, 3.05) is 5.73 Å². The van der Waals surface area contributed by atoms with Crippen molar-refractivity contribution in [2.24, 2.45) is 0 Å². The van der Waals surface area contributed by atoms with Crippen molar-refractivity contribution in [1.29, 1.82) is 0 Å². The van der Waals surface area contributed by atoms with Gasteiger partial charge in [0.05, 0.1) is 32.3 Å². The Hall–Kier alpha value is -1.71. The summed E-state index contributed by atoms with van der Waals surface area (Å²) < 4.78 is 2.24. The molecule has 3 nitrogen and oxygen atoms in total. The number of hydrogen-bond donors (Lipinski definition) is 1. The quantitative estimate of drug-likeness (QED) is 0.681. The van der Waals surface area contributed by atoms with Gasteiger partial charge in [0.2, 0.25) is 0 Å². The number of hydrogen-bond acceptors (Lipinski definition) is 2. The molecule has 1 heterocycles. The third-order valence-corrected chi connectivity index (χ3v) is 4.52. The molecule has 0 atom stereocenters. The average molecular weight is 318 g/mol. The van der Waals surface area contributed by atoms with Crippen molar-refractivity contribution in [3.8, 4) is 11.4 Å². The molecule has 2 aromatic carbocycles. The molecule has 1 aliphatic carbocycles. The standard InChI is InChI=1S/C16H13Cl2N3/c17-10-7-8-11(18)15(19)14(10)16-20-12-3-1-2-4-13(12)21(16)9-5-6-9/h1-4,7-9H,5-6,19H2. The van der Waals surface area contributed by atoms with E-state index < -0.39 is 0 Å². The monoisotopic (exact) mass is 317 g/mol. The van der Waals surface area contributed by atoms with Crippen LogP contribution >= 0.6 is 23.2 Å². The first kappa shape index (κ1) is 13.0. The minimum Gasteiger partial charge on any atom is -0.397 e. The number of halogens is 2. The Labute approximate surface area is 132 Å². The van der Waals surface area contributed by atoms with Crippen molar-refractivity contribution in [3.63, 3.8) is 0 Å². The Kier molecular flexibility index (Phi) is 2.88. The Morgan fingerprint density at radius 2 is 1.76 bits per heavy atom. The van der Waals surface area contributed by atoms with Crippen molar-refractivity contribution in [1.82, 2.24) is 9.55 Å². The van der Waals surface area contributed by atoms with Gasteiger partial charge in [-0.3, -0.25) is 0 Å². The molecular formula is C16H13Cl2N3. The van der Waals surface area contributed by atoms with Crippen LogP contribution < -0.4 is 5.73 Å². The van der Waals surface area contributed by atoms with Crippen LogP contribution in [0.15, 0.2) is 36.4 Å². The minimum absolute atomic E-state index is 0.474. The fourth-order valence-electron chi connectivity index (χ4n) is 2.72. The van der Waals surface area contributed by atoms with Gasteiger partial charge in [-0.15, -0.1) is 0 Å². The highest BCUT2D eigenvalue weighted by Crippen LogP contribution is 2.44. The van der Waals surface area contributed by atoms with E-state index in [9.17, 15) is 0 Å². The lowest BCUT2D eigenvalue weighted by Crippen LogP contribution is -2.01. The zero-order valence-corrected chi connectivity index (χ0v) is 12.7. The molecule has 1 saturated carbocycles. The summed E-state index contributed by atoms with van der Waals surface area (Å²) in [6.45, 7) is 0. The second-order valence-electron chi connectivity index (χ2n) is 5.34. The molecule has 0 amide bonds. The maximum Gasteiger partial charge on any atom is 0.145 e. The van der Waals surface area contributed by atoms with Crippen molar-refractivity contribution >= 4 is 39.9 Å². The second-order valence-corrected chi connectivity index (χ2v) is 6.16. The maximum atomic E-state index is 6.37. The number of anilines is 1. The minimum atomic E-state index is 0.474. The first-order valence-corrected chi connectivity index (χ1v) is 7.63. The van der Waals surface area contributed by atoms with E-state index in [0.29, 0.717) is 21.8 Å². The van der Waals surface area contributed by atoms with E-state index in [1.165, 1.54) is 0 Å². The van der Waals surface area contributed by atoms with E-state index in [1.807, 2.05) is 18.2 Å².